The van der Waals surface area contributed by atoms with E-state index in [-0.39, 0.29) is 24.3 Å². The molecule has 2 N–H and O–H groups in total. The Bertz CT molecular complexity index is 1100. The first kappa shape index (κ1) is 27.3. The molecule has 3 amide bonds. The predicted molar refractivity (Wildman–Crippen MR) is 121 cm³/mol. The zero-order valence-electron chi connectivity index (χ0n) is 19.5. The molecule has 0 radical (unpaired) electrons. The summed E-state index contributed by atoms with van der Waals surface area (Å²) in [5.74, 6) is -14.7. The highest BCUT2D eigenvalue weighted by atomic mass is 35.5. The minimum absolute atomic E-state index is 0.0174. The van der Waals surface area contributed by atoms with Gasteiger partial charge in [-0.05, 0) is 37.8 Å². The summed E-state index contributed by atoms with van der Waals surface area (Å²) >= 11 is 5.79. The van der Waals surface area contributed by atoms with Crippen LogP contribution in [0.25, 0.3) is 0 Å². The molecule has 1 aliphatic carbocycles. The molecule has 0 unspecified atom stereocenters. The second-order valence-electron chi connectivity index (χ2n) is 9.72. The second kappa shape index (κ2) is 10.2. The Kier molecular flexibility index (Phi) is 7.51. The topological polar surface area (TPSA) is 95.6 Å². The molecule has 4 aliphatic rings. The normalized spacial score (nSPS) is 27.5. The molecule has 37 heavy (non-hydrogen) atoms. The molecule has 3 heterocycles. The Morgan fingerprint density at radius 1 is 1.22 bits per heavy atom. The number of fused-ring (bicyclic) bond motifs is 3. The molecule has 0 aromatic heterocycles. The number of alkyl halides is 5. The number of rotatable bonds is 8. The summed E-state index contributed by atoms with van der Waals surface area (Å²) in [4.78, 5) is 51.1. The van der Waals surface area contributed by atoms with Gasteiger partial charge in [-0.2, -0.15) is 8.78 Å². The number of ketones is 1. The molecule has 5 rings (SSSR count). The maximum absolute atomic E-state index is 15.3. The third-order valence-corrected chi connectivity index (χ3v) is 7.65. The van der Waals surface area contributed by atoms with Crippen molar-refractivity contribution in [1.82, 2.24) is 15.5 Å². The highest BCUT2D eigenvalue weighted by molar-refractivity contribution is 6.30. The van der Waals surface area contributed by atoms with Crippen molar-refractivity contribution in [3.05, 3.63) is 34.9 Å². The van der Waals surface area contributed by atoms with Gasteiger partial charge in [0.25, 0.3) is 11.8 Å². The first-order valence-electron chi connectivity index (χ1n) is 11.9. The maximum atomic E-state index is 15.3. The number of amides is 3. The van der Waals surface area contributed by atoms with Crippen LogP contribution < -0.4 is 10.6 Å². The molecule has 3 aliphatic heterocycles. The fourth-order valence-corrected chi connectivity index (χ4v) is 5.73. The van der Waals surface area contributed by atoms with E-state index in [1.165, 1.54) is 12.1 Å². The second-order valence-corrected chi connectivity index (χ2v) is 10.2. The lowest BCUT2D eigenvalue weighted by molar-refractivity contribution is -0.207. The van der Waals surface area contributed by atoms with E-state index in [1.54, 1.807) is 0 Å². The summed E-state index contributed by atoms with van der Waals surface area (Å²) in [6.45, 7) is -1.19. The van der Waals surface area contributed by atoms with E-state index < -0.39 is 84.0 Å². The Balaban J connectivity index is 1.64. The summed E-state index contributed by atoms with van der Waals surface area (Å²) in [5.41, 5.74) is -0.768. The van der Waals surface area contributed by atoms with Gasteiger partial charge in [0.2, 0.25) is 11.8 Å². The molecule has 1 saturated carbocycles. The number of hydrogen-bond acceptors (Lipinski definition) is 4. The number of nitrogens with zero attached hydrogens (tertiary/aromatic N) is 1. The molecule has 5 atom stereocenters. The molecule has 0 spiro atoms. The smallest absolute Gasteiger partial charge is 0.350 e. The minimum atomic E-state index is -4.19. The third kappa shape index (κ3) is 5.17. The number of carbonyl (C=O) groups is 4. The fourth-order valence-electron chi connectivity index (χ4n) is 5.54. The third-order valence-electron chi connectivity index (χ3n) is 7.41. The van der Waals surface area contributed by atoms with E-state index in [0.717, 1.165) is 12.1 Å². The standard InChI is InChI=1S/C24H25ClF5N3O4/c25-14-3-1-2-13(9-14)24(29,30)22(37)33-15-4-5-16(23(27,28)10-15)19(33)21(36)32-17(18(34)11-26)8-12-6-7-31-20(12)35/h1-3,9,12,15-17,19H,4-8,10-11H2,(H,31,35)(H,32,36)/t12-,15-,16-,17-,19+/m0/s1. The van der Waals surface area contributed by atoms with Gasteiger partial charge in [0, 0.05) is 35.5 Å². The summed E-state index contributed by atoms with van der Waals surface area (Å²) < 4.78 is 73.6. The SMILES string of the molecule is O=C1NCC[C@H]1C[C@H](NC(=O)[C@H]1[C@@H]2CC[C@@H](CC2(F)F)N1C(=O)C(F)(F)c1cccc(Cl)c1)C(=O)CF. The molecule has 202 valence electrons. The van der Waals surface area contributed by atoms with Crippen molar-refractivity contribution in [2.75, 3.05) is 13.2 Å². The van der Waals surface area contributed by atoms with Crippen molar-refractivity contribution in [2.45, 2.75) is 62.1 Å². The zero-order valence-corrected chi connectivity index (χ0v) is 20.2. The summed E-state index contributed by atoms with van der Waals surface area (Å²) in [6, 6.07) is -0.585. The van der Waals surface area contributed by atoms with E-state index >= 15 is 8.78 Å². The molecule has 4 fully saturated rings. The van der Waals surface area contributed by atoms with Crippen LogP contribution in [0.15, 0.2) is 24.3 Å². The molecule has 1 aromatic rings. The first-order chi connectivity index (χ1) is 17.4. The highest BCUT2D eigenvalue weighted by Gasteiger charge is 2.63. The number of nitrogens with one attached hydrogen (secondary N) is 2. The largest absolute Gasteiger partial charge is 0.356 e. The van der Waals surface area contributed by atoms with Gasteiger partial charge in [-0.1, -0.05) is 23.7 Å². The van der Waals surface area contributed by atoms with Crippen LogP contribution in [-0.2, 0) is 25.1 Å². The van der Waals surface area contributed by atoms with Crippen LogP contribution in [0.4, 0.5) is 22.0 Å². The predicted octanol–water partition coefficient (Wildman–Crippen LogP) is 3.00. The molecular weight excluding hydrogens is 525 g/mol. The average molecular weight is 550 g/mol. The van der Waals surface area contributed by atoms with Crippen molar-refractivity contribution in [1.29, 1.82) is 0 Å². The van der Waals surface area contributed by atoms with Gasteiger partial charge in [-0.3, -0.25) is 19.2 Å². The van der Waals surface area contributed by atoms with E-state index in [1.807, 2.05) is 0 Å². The van der Waals surface area contributed by atoms with Crippen molar-refractivity contribution in [3.8, 4) is 0 Å². The van der Waals surface area contributed by atoms with Crippen LogP contribution in [0.1, 0.15) is 37.7 Å². The number of piperidine rings is 2. The average Bonchev–Trinajstić information content (AvgIpc) is 3.25. The van der Waals surface area contributed by atoms with Gasteiger partial charge >= 0.3 is 5.92 Å². The van der Waals surface area contributed by atoms with Crippen LogP contribution >= 0.6 is 11.6 Å². The van der Waals surface area contributed by atoms with Gasteiger partial charge in [0.05, 0.1) is 12.0 Å². The summed E-state index contributed by atoms with van der Waals surface area (Å²) in [6.07, 6.45) is -1.10. The highest BCUT2D eigenvalue weighted by Crippen LogP contribution is 2.50. The van der Waals surface area contributed by atoms with Crippen molar-refractivity contribution in [3.63, 3.8) is 0 Å². The van der Waals surface area contributed by atoms with Crippen molar-refractivity contribution < 1.29 is 41.1 Å². The number of benzene rings is 1. The van der Waals surface area contributed by atoms with Crippen LogP contribution in [-0.4, -0.2) is 65.7 Å². The Labute approximate surface area is 214 Å². The van der Waals surface area contributed by atoms with Crippen LogP contribution in [0.3, 0.4) is 0 Å². The molecule has 2 bridgehead atoms. The number of hydrogen-bond donors (Lipinski definition) is 2. The van der Waals surface area contributed by atoms with Gasteiger partial charge in [-0.15, -0.1) is 0 Å². The lowest BCUT2D eigenvalue weighted by atomic mass is 9.71. The minimum Gasteiger partial charge on any atom is -0.356 e. The van der Waals surface area contributed by atoms with Crippen molar-refractivity contribution >= 4 is 35.1 Å². The number of carbonyl (C=O) groups excluding carboxylic acids is 4. The van der Waals surface area contributed by atoms with Gasteiger partial charge in [0.1, 0.15) is 12.7 Å². The lowest BCUT2D eigenvalue weighted by Gasteiger charge is -2.54. The maximum Gasteiger partial charge on any atom is 0.350 e. The Morgan fingerprint density at radius 3 is 2.54 bits per heavy atom. The van der Waals surface area contributed by atoms with Crippen LogP contribution in [0.2, 0.25) is 5.02 Å². The van der Waals surface area contributed by atoms with Gasteiger partial charge in [0.15, 0.2) is 5.78 Å². The molecular formula is C24H25ClF5N3O4. The number of Topliss-reactive ketones (excluding diaryl/α,β-unsaturated/α-hetero) is 1. The van der Waals surface area contributed by atoms with E-state index in [2.05, 4.69) is 10.6 Å². The zero-order chi connectivity index (χ0) is 27.1. The van der Waals surface area contributed by atoms with Gasteiger partial charge < -0.3 is 15.5 Å². The van der Waals surface area contributed by atoms with Crippen molar-refractivity contribution in [2.24, 2.45) is 11.8 Å². The Morgan fingerprint density at radius 2 is 1.95 bits per heavy atom. The quantitative estimate of drug-likeness (QED) is 0.488. The summed E-state index contributed by atoms with van der Waals surface area (Å²) in [5, 5.41) is 4.65. The van der Waals surface area contributed by atoms with E-state index in [0.29, 0.717) is 17.9 Å². The molecule has 1 aromatic carbocycles. The van der Waals surface area contributed by atoms with Crippen LogP contribution in [0.5, 0.6) is 0 Å². The van der Waals surface area contributed by atoms with Gasteiger partial charge in [-0.25, -0.2) is 13.2 Å². The van der Waals surface area contributed by atoms with Crippen LogP contribution in [0, 0.1) is 11.8 Å². The van der Waals surface area contributed by atoms with E-state index in [9.17, 15) is 32.3 Å². The first-order valence-corrected chi connectivity index (χ1v) is 12.3. The monoisotopic (exact) mass is 549 g/mol. The molecule has 13 heteroatoms. The van der Waals surface area contributed by atoms with E-state index in [4.69, 9.17) is 11.6 Å². The lowest BCUT2D eigenvalue weighted by Crippen LogP contribution is -2.70. The Hall–Kier alpha value is -2.76. The molecule has 7 nitrogen and oxygen atoms in total. The fraction of sp³-hybridized carbons (Fsp3) is 0.583. The summed E-state index contributed by atoms with van der Waals surface area (Å²) in [7, 11) is 0. The number of halogens is 6. The molecule has 3 saturated heterocycles.